The highest BCUT2D eigenvalue weighted by Crippen LogP contribution is 2.15. The number of guanidine groups is 1. The van der Waals surface area contributed by atoms with Crippen molar-refractivity contribution in [2.75, 3.05) is 52.9 Å². The number of nitrogens with zero attached hydrogens (tertiary/aromatic N) is 4. The molecule has 0 radical (unpaired) electrons. The van der Waals surface area contributed by atoms with Crippen molar-refractivity contribution >= 4 is 5.96 Å². The first kappa shape index (κ1) is 19.7. The lowest BCUT2D eigenvalue weighted by Gasteiger charge is -2.34. The Kier molecular flexibility index (Phi) is 8.21. The molecule has 0 aliphatic carbocycles. The molecule has 1 saturated heterocycles. The topological polar surface area (TPSA) is 68.9 Å². The Morgan fingerprint density at radius 3 is 2.40 bits per heavy atom. The van der Waals surface area contributed by atoms with Crippen LogP contribution in [0.2, 0.25) is 0 Å². The summed E-state index contributed by atoms with van der Waals surface area (Å²) >= 11 is 0. The smallest absolute Gasteiger partial charge is 0.191 e. The highest BCUT2D eigenvalue weighted by Gasteiger charge is 2.15. The lowest BCUT2D eigenvalue weighted by molar-refractivity contribution is 0.139. The standard InChI is InChI=1S/C18H34N6O/c1-5-16-15(17(6-2)25-22-16)14-21-18(19-4)20-8-9-24-12-10-23(7-3)11-13-24/h5-14H2,1-4H3,(H2,19,20,21). The molecule has 0 spiro atoms. The quantitative estimate of drug-likeness (QED) is 0.541. The third kappa shape index (κ3) is 5.71. The molecule has 7 nitrogen and oxygen atoms in total. The number of nitrogens with one attached hydrogen (secondary N) is 2. The first-order valence-corrected chi connectivity index (χ1v) is 9.57. The molecule has 1 aromatic rings. The molecule has 7 heteroatoms. The average molecular weight is 351 g/mol. The van der Waals surface area contributed by atoms with E-state index in [1.165, 1.54) is 18.7 Å². The fraction of sp³-hybridized carbons (Fsp3) is 0.778. The van der Waals surface area contributed by atoms with E-state index in [4.69, 9.17) is 4.52 Å². The molecule has 0 atom stereocenters. The average Bonchev–Trinajstić information content (AvgIpc) is 3.07. The van der Waals surface area contributed by atoms with Crippen LogP contribution in [0.4, 0.5) is 0 Å². The summed E-state index contributed by atoms with van der Waals surface area (Å²) in [6, 6.07) is 0. The maximum absolute atomic E-state index is 5.42. The molecule has 0 aromatic carbocycles. The maximum atomic E-state index is 5.42. The lowest BCUT2D eigenvalue weighted by atomic mass is 10.1. The number of likely N-dealkylation sites (N-methyl/N-ethyl adjacent to an activating group) is 1. The van der Waals surface area contributed by atoms with Crippen LogP contribution < -0.4 is 10.6 Å². The monoisotopic (exact) mass is 350 g/mol. The van der Waals surface area contributed by atoms with Gasteiger partial charge in [-0.25, -0.2) is 0 Å². The molecule has 1 fully saturated rings. The first-order valence-electron chi connectivity index (χ1n) is 9.57. The largest absolute Gasteiger partial charge is 0.361 e. The van der Waals surface area contributed by atoms with Gasteiger partial charge in [0.15, 0.2) is 5.96 Å². The minimum Gasteiger partial charge on any atom is -0.361 e. The SMILES string of the molecule is CCc1noc(CC)c1CNC(=NC)NCCN1CCN(CC)CC1. The number of hydrogen-bond donors (Lipinski definition) is 2. The Morgan fingerprint density at radius 2 is 1.80 bits per heavy atom. The molecule has 0 unspecified atom stereocenters. The highest BCUT2D eigenvalue weighted by molar-refractivity contribution is 5.79. The number of rotatable bonds is 8. The minimum absolute atomic E-state index is 0.699. The van der Waals surface area contributed by atoms with Crippen molar-refractivity contribution in [3.8, 4) is 0 Å². The van der Waals surface area contributed by atoms with Crippen molar-refractivity contribution in [1.29, 1.82) is 0 Å². The van der Waals surface area contributed by atoms with Gasteiger partial charge in [0.05, 0.1) is 5.69 Å². The van der Waals surface area contributed by atoms with Crippen molar-refractivity contribution < 1.29 is 4.52 Å². The van der Waals surface area contributed by atoms with Gasteiger partial charge in [-0.2, -0.15) is 0 Å². The normalized spacial score (nSPS) is 17.0. The van der Waals surface area contributed by atoms with Crippen LogP contribution in [0, 0.1) is 0 Å². The zero-order chi connectivity index (χ0) is 18.1. The zero-order valence-corrected chi connectivity index (χ0v) is 16.3. The molecule has 2 heterocycles. The molecular formula is C18H34N6O. The Bertz CT molecular complexity index is 512. The number of hydrogen-bond acceptors (Lipinski definition) is 5. The summed E-state index contributed by atoms with van der Waals surface area (Å²) in [4.78, 5) is 9.33. The van der Waals surface area contributed by atoms with Crippen molar-refractivity contribution in [1.82, 2.24) is 25.6 Å². The van der Waals surface area contributed by atoms with Crippen LogP contribution in [0.1, 0.15) is 37.8 Å². The third-order valence-corrected chi connectivity index (χ3v) is 4.90. The van der Waals surface area contributed by atoms with Crippen LogP contribution >= 0.6 is 0 Å². The van der Waals surface area contributed by atoms with E-state index in [2.05, 4.69) is 51.4 Å². The molecule has 25 heavy (non-hydrogen) atoms. The summed E-state index contributed by atoms with van der Waals surface area (Å²) in [6.45, 7) is 14.9. The fourth-order valence-electron chi connectivity index (χ4n) is 3.19. The van der Waals surface area contributed by atoms with Crippen molar-refractivity contribution in [2.24, 2.45) is 4.99 Å². The van der Waals surface area contributed by atoms with Crippen LogP contribution in [0.3, 0.4) is 0 Å². The summed E-state index contributed by atoms with van der Waals surface area (Å²) in [5.41, 5.74) is 2.21. The predicted octanol–water partition coefficient (Wildman–Crippen LogP) is 1.10. The number of piperazine rings is 1. The van der Waals surface area contributed by atoms with Crippen molar-refractivity contribution in [3.63, 3.8) is 0 Å². The summed E-state index contributed by atoms with van der Waals surface area (Å²) < 4.78 is 5.42. The minimum atomic E-state index is 0.699. The van der Waals surface area contributed by atoms with Gasteiger partial charge >= 0.3 is 0 Å². The zero-order valence-electron chi connectivity index (χ0n) is 16.3. The van der Waals surface area contributed by atoms with E-state index in [0.717, 1.165) is 63.0 Å². The number of aromatic nitrogens is 1. The van der Waals surface area contributed by atoms with E-state index in [1.54, 1.807) is 0 Å². The Hall–Kier alpha value is -1.60. The number of aliphatic imine (C=N–C) groups is 1. The van der Waals surface area contributed by atoms with Crippen molar-refractivity contribution in [2.45, 2.75) is 40.2 Å². The van der Waals surface area contributed by atoms with E-state index in [9.17, 15) is 0 Å². The van der Waals surface area contributed by atoms with Gasteiger partial charge in [-0.15, -0.1) is 0 Å². The van der Waals surface area contributed by atoms with Gasteiger partial charge in [-0.1, -0.05) is 25.9 Å². The first-order chi connectivity index (χ1) is 12.2. The predicted molar refractivity (Wildman–Crippen MR) is 102 cm³/mol. The second-order valence-electron chi connectivity index (χ2n) is 6.37. The van der Waals surface area contributed by atoms with E-state index < -0.39 is 0 Å². The molecule has 142 valence electrons. The fourth-order valence-corrected chi connectivity index (χ4v) is 3.19. The van der Waals surface area contributed by atoms with Gasteiger partial charge in [0.2, 0.25) is 0 Å². The summed E-state index contributed by atoms with van der Waals surface area (Å²) in [6.07, 6.45) is 1.75. The van der Waals surface area contributed by atoms with Gasteiger partial charge in [-0.05, 0) is 13.0 Å². The molecule has 0 amide bonds. The Labute approximate surface area is 151 Å². The second kappa shape index (κ2) is 10.4. The Morgan fingerprint density at radius 1 is 1.08 bits per heavy atom. The molecule has 1 aromatic heterocycles. The van der Waals surface area contributed by atoms with Gasteiger partial charge < -0.3 is 20.1 Å². The lowest BCUT2D eigenvalue weighted by Crippen LogP contribution is -2.49. The summed E-state index contributed by atoms with van der Waals surface area (Å²) in [5.74, 6) is 1.80. The van der Waals surface area contributed by atoms with Crippen LogP contribution in [-0.4, -0.2) is 73.8 Å². The van der Waals surface area contributed by atoms with E-state index in [0.29, 0.717) is 6.54 Å². The summed E-state index contributed by atoms with van der Waals surface area (Å²) in [7, 11) is 1.81. The Balaban J connectivity index is 1.73. The van der Waals surface area contributed by atoms with Gasteiger partial charge in [-0.3, -0.25) is 9.89 Å². The highest BCUT2D eigenvalue weighted by atomic mass is 16.5. The summed E-state index contributed by atoms with van der Waals surface area (Å²) in [5, 5.41) is 11.0. The molecule has 1 aliphatic rings. The molecule has 1 aliphatic heterocycles. The van der Waals surface area contributed by atoms with E-state index in [1.807, 2.05) is 7.05 Å². The molecular weight excluding hydrogens is 316 g/mol. The van der Waals surface area contributed by atoms with E-state index in [-0.39, 0.29) is 0 Å². The third-order valence-electron chi connectivity index (χ3n) is 4.90. The molecule has 2 N–H and O–H groups in total. The van der Waals surface area contributed by atoms with Gasteiger partial charge in [0, 0.05) is 64.8 Å². The van der Waals surface area contributed by atoms with Crippen LogP contribution in [0.25, 0.3) is 0 Å². The maximum Gasteiger partial charge on any atom is 0.191 e. The molecule has 2 rings (SSSR count). The second-order valence-corrected chi connectivity index (χ2v) is 6.37. The van der Waals surface area contributed by atoms with Crippen molar-refractivity contribution in [3.05, 3.63) is 17.0 Å². The van der Waals surface area contributed by atoms with Crippen LogP contribution in [-0.2, 0) is 19.4 Å². The van der Waals surface area contributed by atoms with Gasteiger partial charge in [0.1, 0.15) is 5.76 Å². The van der Waals surface area contributed by atoms with Crippen LogP contribution in [0.5, 0.6) is 0 Å². The van der Waals surface area contributed by atoms with E-state index >= 15 is 0 Å². The number of aryl methyl sites for hydroxylation is 2. The van der Waals surface area contributed by atoms with Gasteiger partial charge in [0.25, 0.3) is 0 Å². The molecule has 0 saturated carbocycles. The molecule has 0 bridgehead atoms. The van der Waals surface area contributed by atoms with Crippen LogP contribution in [0.15, 0.2) is 9.52 Å².